The van der Waals surface area contributed by atoms with Gasteiger partial charge in [-0.2, -0.15) is 0 Å². The van der Waals surface area contributed by atoms with Gasteiger partial charge in [0.25, 0.3) is 5.91 Å². The van der Waals surface area contributed by atoms with E-state index >= 15 is 0 Å². The fourth-order valence-electron chi connectivity index (χ4n) is 2.67. The maximum Gasteiger partial charge on any atom is 0.328 e. The van der Waals surface area contributed by atoms with E-state index in [0.717, 1.165) is 30.0 Å². The second-order valence-electron chi connectivity index (χ2n) is 5.55. The Morgan fingerprint density at radius 1 is 1.24 bits per heavy atom. The molecule has 2 N–H and O–H groups in total. The molecule has 1 aliphatic carbocycles. The Balaban J connectivity index is 2.11. The Morgan fingerprint density at radius 3 is 2.62 bits per heavy atom. The van der Waals surface area contributed by atoms with Crippen molar-refractivity contribution in [3.8, 4) is 0 Å². The molecule has 4 heteroatoms. The Hall–Kier alpha value is -2.10. The normalized spacial score (nSPS) is 16.0. The number of carbonyl (C=O) groups is 2. The predicted octanol–water partition coefficient (Wildman–Crippen LogP) is 3.16. The van der Waals surface area contributed by atoms with Gasteiger partial charge >= 0.3 is 5.97 Å². The van der Waals surface area contributed by atoms with Crippen LogP contribution in [0.1, 0.15) is 53.6 Å². The van der Waals surface area contributed by atoms with E-state index in [4.69, 9.17) is 5.11 Å². The molecule has 0 bridgehead atoms. The predicted molar refractivity (Wildman–Crippen MR) is 82.2 cm³/mol. The molecule has 0 aliphatic heterocycles. The summed E-state index contributed by atoms with van der Waals surface area (Å²) < 4.78 is 0. The van der Waals surface area contributed by atoms with Gasteiger partial charge in [0.2, 0.25) is 0 Å². The van der Waals surface area contributed by atoms with Gasteiger partial charge in [0.1, 0.15) is 0 Å². The van der Waals surface area contributed by atoms with Crippen molar-refractivity contribution < 1.29 is 14.7 Å². The number of carboxylic acids is 1. The summed E-state index contributed by atoms with van der Waals surface area (Å²) in [5, 5.41) is 11.7. The second kappa shape index (κ2) is 7.07. The highest BCUT2D eigenvalue weighted by atomic mass is 16.4. The zero-order chi connectivity index (χ0) is 15.2. The van der Waals surface area contributed by atoms with Crippen LogP contribution in [0.15, 0.2) is 24.3 Å². The first-order valence-electron chi connectivity index (χ1n) is 7.39. The first kappa shape index (κ1) is 15.3. The molecule has 1 aliphatic rings. The molecule has 2 rings (SSSR count). The molecule has 0 atom stereocenters. The topological polar surface area (TPSA) is 66.4 Å². The van der Waals surface area contributed by atoms with E-state index in [-0.39, 0.29) is 11.9 Å². The molecule has 1 amide bonds. The molecule has 112 valence electrons. The lowest BCUT2D eigenvalue weighted by atomic mass is 9.95. The van der Waals surface area contributed by atoms with Crippen molar-refractivity contribution >= 4 is 18.0 Å². The highest BCUT2D eigenvalue weighted by molar-refractivity contribution is 5.96. The number of hydrogen-bond donors (Lipinski definition) is 2. The molecule has 0 heterocycles. The van der Waals surface area contributed by atoms with Gasteiger partial charge in [0.15, 0.2) is 0 Å². The number of aryl methyl sites for hydroxylation is 1. The van der Waals surface area contributed by atoms with Crippen LogP contribution in [-0.2, 0) is 4.79 Å². The first-order valence-corrected chi connectivity index (χ1v) is 7.39. The van der Waals surface area contributed by atoms with Crippen LogP contribution < -0.4 is 5.32 Å². The van der Waals surface area contributed by atoms with Crippen LogP contribution in [0.4, 0.5) is 0 Å². The van der Waals surface area contributed by atoms with Gasteiger partial charge in [0.05, 0.1) is 0 Å². The summed E-state index contributed by atoms with van der Waals surface area (Å²) in [5.41, 5.74) is 2.24. The number of carboxylic acid groups (broad SMARTS) is 1. The largest absolute Gasteiger partial charge is 0.478 e. The molecule has 0 saturated heterocycles. The van der Waals surface area contributed by atoms with Crippen LogP contribution in [0.3, 0.4) is 0 Å². The Labute approximate surface area is 124 Å². The van der Waals surface area contributed by atoms with Crippen molar-refractivity contribution in [1.29, 1.82) is 0 Å². The van der Waals surface area contributed by atoms with Gasteiger partial charge in [0, 0.05) is 17.7 Å². The van der Waals surface area contributed by atoms with Crippen LogP contribution in [-0.4, -0.2) is 23.0 Å². The Bertz CT molecular complexity index is 557. The van der Waals surface area contributed by atoms with E-state index in [1.807, 2.05) is 19.1 Å². The summed E-state index contributed by atoms with van der Waals surface area (Å²) in [7, 11) is 0. The fraction of sp³-hybridized carbons (Fsp3) is 0.412. The molecule has 1 fully saturated rings. The van der Waals surface area contributed by atoms with Crippen molar-refractivity contribution in [1.82, 2.24) is 5.32 Å². The first-order chi connectivity index (χ1) is 10.1. The summed E-state index contributed by atoms with van der Waals surface area (Å²) in [6.45, 7) is 1.89. The molecule has 0 unspecified atom stereocenters. The van der Waals surface area contributed by atoms with Gasteiger partial charge in [-0.15, -0.1) is 0 Å². The lowest BCUT2D eigenvalue weighted by Gasteiger charge is -2.23. The van der Waals surface area contributed by atoms with Crippen LogP contribution in [0, 0.1) is 6.92 Å². The van der Waals surface area contributed by atoms with E-state index < -0.39 is 5.97 Å². The van der Waals surface area contributed by atoms with Crippen molar-refractivity contribution in [3.63, 3.8) is 0 Å². The highest BCUT2D eigenvalue weighted by Crippen LogP contribution is 2.19. The third-order valence-electron chi connectivity index (χ3n) is 3.87. The molecule has 0 aromatic heterocycles. The zero-order valence-electron chi connectivity index (χ0n) is 12.3. The van der Waals surface area contributed by atoms with E-state index in [2.05, 4.69) is 5.32 Å². The molecule has 1 aromatic rings. The van der Waals surface area contributed by atoms with E-state index in [1.54, 1.807) is 6.07 Å². The van der Waals surface area contributed by atoms with Gasteiger partial charge in [-0.1, -0.05) is 31.4 Å². The number of hydrogen-bond acceptors (Lipinski definition) is 2. The monoisotopic (exact) mass is 287 g/mol. The molecule has 4 nitrogen and oxygen atoms in total. The summed E-state index contributed by atoms with van der Waals surface area (Å²) in [6.07, 6.45) is 8.26. The van der Waals surface area contributed by atoms with E-state index in [1.165, 1.54) is 25.3 Å². The maximum atomic E-state index is 12.4. The third-order valence-corrected chi connectivity index (χ3v) is 3.87. The number of rotatable bonds is 4. The minimum Gasteiger partial charge on any atom is -0.478 e. The number of carbonyl (C=O) groups excluding carboxylic acids is 1. The molecular weight excluding hydrogens is 266 g/mol. The average Bonchev–Trinajstić information content (AvgIpc) is 2.47. The highest BCUT2D eigenvalue weighted by Gasteiger charge is 2.17. The van der Waals surface area contributed by atoms with Gasteiger partial charge in [-0.25, -0.2) is 4.79 Å². The fourth-order valence-corrected chi connectivity index (χ4v) is 2.67. The minimum atomic E-state index is -0.996. The Morgan fingerprint density at radius 2 is 1.95 bits per heavy atom. The Kier molecular flexibility index (Phi) is 5.14. The molecule has 1 saturated carbocycles. The zero-order valence-corrected chi connectivity index (χ0v) is 12.3. The number of benzene rings is 1. The summed E-state index contributed by atoms with van der Waals surface area (Å²) in [4.78, 5) is 22.9. The van der Waals surface area contributed by atoms with Crippen molar-refractivity contribution in [2.24, 2.45) is 0 Å². The molecule has 1 aromatic carbocycles. The molecule has 0 radical (unpaired) electrons. The maximum absolute atomic E-state index is 12.4. The van der Waals surface area contributed by atoms with Crippen LogP contribution in [0.25, 0.3) is 6.08 Å². The van der Waals surface area contributed by atoms with E-state index in [0.29, 0.717) is 5.56 Å². The minimum absolute atomic E-state index is 0.0648. The number of aliphatic carboxylic acids is 1. The van der Waals surface area contributed by atoms with Crippen molar-refractivity contribution in [2.45, 2.75) is 45.1 Å². The van der Waals surface area contributed by atoms with Crippen molar-refractivity contribution in [3.05, 3.63) is 41.0 Å². The van der Waals surface area contributed by atoms with E-state index in [9.17, 15) is 9.59 Å². The lowest BCUT2D eigenvalue weighted by molar-refractivity contribution is -0.131. The summed E-state index contributed by atoms with van der Waals surface area (Å²) >= 11 is 0. The molecular formula is C17H21NO3. The summed E-state index contributed by atoms with van der Waals surface area (Å²) in [6, 6.07) is 5.67. The van der Waals surface area contributed by atoms with Crippen molar-refractivity contribution in [2.75, 3.05) is 0 Å². The summed E-state index contributed by atoms with van der Waals surface area (Å²) in [5.74, 6) is -1.06. The molecule has 21 heavy (non-hydrogen) atoms. The quantitative estimate of drug-likeness (QED) is 0.836. The molecule has 0 spiro atoms. The number of nitrogens with one attached hydrogen (secondary N) is 1. The lowest BCUT2D eigenvalue weighted by Crippen LogP contribution is -2.36. The average molecular weight is 287 g/mol. The van der Waals surface area contributed by atoms with Crippen LogP contribution in [0.2, 0.25) is 0 Å². The SMILES string of the molecule is Cc1ccc(C=CC(=O)O)cc1C(=O)NC1CCCCC1. The van der Waals surface area contributed by atoms with Crippen LogP contribution in [0.5, 0.6) is 0 Å². The third kappa shape index (κ3) is 4.45. The number of amides is 1. The smallest absolute Gasteiger partial charge is 0.328 e. The second-order valence-corrected chi connectivity index (χ2v) is 5.55. The van der Waals surface area contributed by atoms with Gasteiger partial charge in [-0.3, -0.25) is 4.79 Å². The van der Waals surface area contributed by atoms with Crippen LogP contribution >= 0.6 is 0 Å². The van der Waals surface area contributed by atoms with Gasteiger partial charge in [-0.05, 0) is 43.0 Å². The standard InChI is InChI=1S/C17H21NO3/c1-12-7-8-13(9-10-16(19)20)11-15(12)17(21)18-14-5-3-2-4-6-14/h7-11,14H,2-6H2,1H3,(H,18,21)(H,19,20). The van der Waals surface area contributed by atoms with Gasteiger partial charge < -0.3 is 10.4 Å².